The molecule has 0 saturated heterocycles. The normalized spacial score (nSPS) is 10.5. The maximum Gasteiger partial charge on any atom is 0.263 e. The van der Waals surface area contributed by atoms with Crippen LogP contribution >= 0.6 is 11.3 Å². The van der Waals surface area contributed by atoms with Gasteiger partial charge < -0.3 is 15.3 Å². The standard InChI is InChI=1S/C15H19N3O2S/c1-10-13(21-15(17-10)18(2)3)14(20)16-8-11-6-4-5-7-12(11)9-19/h4-7,19H,8-9H2,1-3H3,(H,16,20). The van der Waals surface area contributed by atoms with Gasteiger partial charge >= 0.3 is 0 Å². The van der Waals surface area contributed by atoms with Crippen molar-refractivity contribution in [3.05, 3.63) is 46.0 Å². The number of thiazole rings is 1. The molecule has 21 heavy (non-hydrogen) atoms. The number of rotatable bonds is 5. The van der Waals surface area contributed by atoms with E-state index in [0.717, 1.165) is 22.0 Å². The van der Waals surface area contributed by atoms with Crippen molar-refractivity contribution in [2.45, 2.75) is 20.1 Å². The SMILES string of the molecule is Cc1nc(N(C)C)sc1C(=O)NCc1ccccc1CO. The fraction of sp³-hybridized carbons (Fsp3) is 0.333. The largest absolute Gasteiger partial charge is 0.392 e. The third-order valence-electron chi connectivity index (χ3n) is 3.10. The highest BCUT2D eigenvalue weighted by Gasteiger charge is 2.16. The van der Waals surface area contributed by atoms with Gasteiger partial charge in [0.2, 0.25) is 0 Å². The molecule has 2 rings (SSSR count). The predicted molar refractivity (Wildman–Crippen MR) is 84.7 cm³/mol. The Bertz CT molecular complexity index is 638. The summed E-state index contributed by atoms with van der Waals surface area (Å²) in [6.07, 6.45) is 0. The van der Waals surface area contributed by atoms with Crippen molar-refractivity contribution in [3.8, 4) is 0 Å². The Hall–Kier alpha value is -1.92. The quantitative estimate of drug-likeness (QED) is 0.886. The second-order valence-electron chi connectivity index (χ2n) is 4.91. The summed E-state index contributed by atoms with van der Waals surface area (Å²) in [6.45, 7) is 2.20. The van der Waals surface area contributed by atoms with Gasteiger partial charge in [0.25, 0.3) is 5.91 Å². The van der Waals surface area contributed by atoms with Gasteiger partial charge in [-0.15, -0.1) is 0 Å². The lowest BCUT2D eigenvalue weighted by molar-refractivity contribution is 0.0954. The highest BCUT2D eigenvalue weighted by Crippen LogP contribution is 2.24. The molecular weight excluding hydrogens is 286 g/mol. The Labute approximate surface area is 128 Å². The minimum atomic E-state index is -0.133. The van der Waals surface area contributed by atoms with Crippen LogP contribution in [0.15, 0.2) is 24.3 Å². The van der Waals surface area contributed by atoms with Crippen LogP contribution in [-0.2, 0) is 13.2 Å². The first-order valence-corrected chi connectivity index (χ1v) is 7.45. The van der Waals surface area contributed by atoms with Crippen molar-refractivity contribution in [1.29, 1.82) is 0 Å². The molecule has 0 atom stereocenters. The molecule has 0 saturated carbocycles. The van der Waals surface area contributed by atoms with E-state index in [-0.39, 0.29) is 12.5 Å². The number of aliphatic hydroxyl groups excluding tert-OH is 1. The minimum Gasteiger partial charge on any atom is -0.392 e. The van der Waals surface area contributed by atoms with Crippen LogP contribution in [0.25, 0.3) is 0 Å². The molecule has 1 heterocycles. The molecular formula is C15H19N3O2S. The number of nitrogens with zero attached hydrogens (tertiary/aromatic N) is 2. The topological polar surface area (TPSA) is 65.5 Å². The molecule has 6 heteroatoms. The first-order chi connectivity index (χ1) is 10.0. The summed E-state index contributed by atoms with van der Waals surface area (Å²) in [5.74, 6) is -0.133. The van der Waals surface area contributed by atoms with Crippen LogP contribution in [0.4, 0.5) is 5.13 Å². The third kappa shape index (κ3) is 3.59. The third-order valence-corrected chi connectivity index (χ3v) is 4.43. The van der Waals surface area contributed by atoms with Crippen LogP contribution in [-0.4, -0.2) is 30.1 Å². The molecule has 1 aromatic carbocycles. The summed E-state index contributed by atoms with van der Waals surface area (Å²) >= 11 is 1.37. The number of aromatic nitrogens is 1. The molecule has 0 aliphatic heterocycles. The second kappa shape index (κ2) is 6.69. The van der Waals surface area contributed by atoms with E-state index in [1.165, 1.54) is 11.3 Å². The van der Waals surface area contributed by atoms with Crippen molar-refractivity contribution >= 4 is 22.4 Å². The number of aryl methyl sites for hydroxylation is 1. The van der Waals surface area contributed by atoms with E-state index < -0.39 is 0 Å². The Morgan fingerprint density at radius 1 is 1.33 bits per heavy atom. The molecule has 0 fully saturated rings. The molecule has 2 N–H and O–H groups in total. The highest BCUT2D eigenvalue weighted by atomic mass is 32.1. The first-order valence-electron chi connectivity index (χ1n) is 6.63. The fourth-order valence-electron chi connectivity index (χ4n) is 1.92. The van der Waals surface area contributed by atoms with Gasteiger partial charge in [-0.2, -0.15) is 0 Å². The van der Waals surface area contributed by atoms with E-state index in [4.69, 9.17) is 0 Å². The van der Waals surface area contributed by atoms with Crippen LogP contribution in [0, 0.1) is 6.92 Å². The van der Waals surface area contributed by atoms with Gasteiger partial charge in [-0.05, 0) is 18.1 Å². The van der Waals surface area contributed by atoms with Crippen molar-refractivity contribution in [1.82, 2.24) is 10.3 Å². The van der Waals surface area contributed by atoms with Crippen LogP contribution in [0.1, 0.15) is 26.5 Å². The van der Waals surface area contributed by atoms with E-state index in [1.54, 1.807) is 0 Å². The molecule has 2 aromatic rings. The number of carbonyl (C=O) groups excluding carboxylic acids is 1. The van der Waals surface area contributed by atoms with Gasteiger partial charge in [0.05, 0.1) is 12.3 Å². The van der Waals surface area contributed by atoms with Crippen molar-refractivity contribution in [3.63, 3.8) is 0 Å². The van der Waals surface area contributed by atoms with Gasteiger partial charge in [-0.1, -0.05) is 35.6 Å². The number of hydrogen-bond acceptors (Lipinski definition) is 5. The number of nitrogens with one attached hydrogen (secondary N) is 1. The maximum absolute atomic E-state index is 12.3. The lowest BCUT2D eigenvalue weighted by Gasteiger charge is -2.08. The average Bonchev–Trinajstić information content (AvgIpc) is 2.87. The van der Waals surface area contributed by atoms with Gasteiger partial charge in [-0.3, -0.25) is 4.79 Å². The summed E-state index contributed by atoms with van der Waals surface area (Å²) in [6, 6.07) is 7.51. The zero-order valence-corrected chi connectivity index (χ0v) is 13.2. The number of anilines is 1. The van der Waals surface area contributed by atoms with E-state index in [1.807, 2.05) is 50.2 Å². The lowest BCUT2D eigenvalue weighted by Crippen LogP contribution is -2.23. The molecule has 0 aliphatic carbocycles. The Balaban J connectivity index is 2.08. The van der Waals surface area contributed by atoms with Gasteiger partial charge in [-0.25, -0.2) is 4.98 Å². The van der Waals surface area contributed by atoms with Gasteiger partial charge in [0.15, 0.2) is 5.13 Å². The Kier molecular flexibility index (Phi) is 4.93. The molecule has 0 bridgehead atoms. The summed E-state index contributed by atoms with van der Waals surface area (Å²) in [5, 5.41) is 13.0. The smallest absolute Gasteiger partial charge is 0.263 e. The average molecular weight is 305 g/mol. The van der Waals surface area contributed by atoms with E-state index in [0.29, 0.717) is 11.4 Å². The summed E-state index contributed by atoms with van der Waals surface area (Å²) < 4.78 is 0. The van der Waals surface area contributed by atoms with Crippen LogP contribution < -0.4 is 10.2 Å². The Morgan fingerprint density at radius 3 is 2.57 bits per heavy atom. The van der Waals surface area contributed by atoms with Crippen LogP contribution in [0.5, 0.6) is 0 Å². The number of amides is 1. The molecule has 0 unspecified atom stereocenters. The van der Waals surface area contributed by atoms with Gasteiger partial charge in [0.1, 0.15) is 4.88 Å². The minimum absolute atomic E-state index is 0.0313. The monoisotopic (exact) mass is 305 g/mol. The lowest BCUT2D eigenvalue weighted by atomic mass is 10.1. The second-order valence-corrected chi connectivity index (χ2v) is 5.89. The molecule has 0 radical (unpaired) electrons. The predicted octanol–water partition coefficient (Wildman–Crippen LogP) is 1.94. The van der Waals surface area contributed by atoms with Crippen molar-refractivity contribution < 1.29 is 9.90 Å². The highest BCUT2D eigenvalue weighted by molar-refractivity contribution is 7.17. The molecule has 5 nitrogen and oxygen atoms in total. The van der Waals surface area contributed by atoms with Crippen molar-refractivity contribution in [2.75, 3.05) is 19.0 Å². The molecule has 0 spiro atoms. The summed E-state index contributed by atoms with van der Waals surface area (Å²) in [7, 11) is 3.80. The van der Waals surface area contributed by atoms with E-state index in [9.17, 15) is 9.90 Å². The molecule has 1 amide bonds. The fourth-order valence-corrected chi connectivity index (χ4v) is 2.83. The van der Waals surface area contributed by atoms with E-state index >= 15 is 0 Å². The Morgan fingerprint density at radius 2 is 2.00 bits per heavy atom. The van der Waals surface area contributed by atoms with E-state index in [2.05, 4.69) is 10.3 Å². The maximum atomic E-state index is 12.3. The molecule has 1 aromatic heterocycles. The summed E-state index contributed by atoms with van der Waals surface area (Å²) in [4.78, 5) is 19.1. The zero-order valence-electron chi connectivity index (χ0n) is 12.4. The number of hydrogen-bond donors (Lipinski definition) is 2. The molecule has 0 aliphatic rings. The molecule has 112 valence electrons. The first kappa shape index (κ1) is 15.5. The number of aliphatic hydroxyl groups is 1. The zero-order chi connectivity index (χ0) is 15.4. The number of benzene rings is 1. The number of carbonyl (C=O) groups is 1. The van der Waals surface area contributed by atoms with Crippen molar-refractivity contribution in [2.24, 2.45) is 0 Å². The van der Waals surface area contributed by atoms with Gasteiger partial charge in [0, 0.05) is 20.6 Å². The summed E-state index contributed by atoms with van der Waals surface area (Å²) in [5.41, 5.74) is 2.48. The van der Waals surface area contributed by atoms with Crippen LogP contribution in [0.2, 0.25) is 0 Å². The van der Waals surface area contributed by atoms with Crippen LogP contribution in [0.3, 0.4) is 0 Å².